The maximum Gasteiger partial charge on any atom is 0.330 e. The second-order valence-electron chi connectivity index (χ2n) is 5.82. The van der Waals surface area contributed by atoms with E-state index in [9.17, 15) is 4.79 Å². The summed E-state index contributed by atoms with van der Waals surface area (Å²) in [5.41, 5.74) is 0.967. The molecule has 0 aliphatic carbocycles. The monoisotopic (exact) mass is 293 g/mol. The van der Waals surface area contributed by atoms with Gasteiger partial charge in [0.1, 0.15) is 11.3 Å². The van der Waals surface area contributed by atoms with Gasteiger partial charge in [-0.25, -0.2) is 4.79 Å². The van der Waals surface area contributed by atoms with E-state index >= 15 is 0 Å². The van der Waals surface area contributed by atoms with Crippen LogP contribution >= 0.6 is 0 Å². The fraction of sp³-hybridized carbons (Fsp3) is 0.588. The van der Waals surface area contributed by atoms with Crippen molar-refractivity contribution in [2.75, 3.05) is 20.3 Å². The molecule has 4 nitrogen and oxygen atoms in total. The van der Waals surface area contributed by atoms with Gasteiger partial charge in [-0.2, -0.15) is 0 Å². The highest BCUT2D eigenvalue weighted by atomic mass is 16.5. The molecule has 118 valence electrons. The third kappa shape index (κ3) is 4.21. The second-order valence-corrected chi connectivity index (χ2v) is 5.82. The summed E-state index contributed by atoms with van der Waals surface area (Å²) in [6, 6.07) is 5.83. The lowest BCUT2D eigenvalue weighted by molar-refractivity contribution is -0.151. The number of nitrogens with one attached hydrogen (secondary N) is 1. The zero-order valence-corrected chi connectivity index (χ0v) is 13.9. The molecule has 0 spiro atoms. The van der Waals surface area contributed by atoms with E-state index in [0.29, 0.717) is 24.8 Å². The van der Waals surface area contributed by atoms with Crippen LogP contribution in [0.3, 0.4) is 0 Å². The summed E-state index contributed by atoms with van der Waals surface area (Å²) in [7, 11) is 1.61. The molecule has 0 saturated carbocycles. The summed E-state index contributed by atoms with van der Waals surface area (Å²) in [5, 5.41) is 3.34. The molecule has 0 aromatic heterocycles. The van der Waals surface area contributed by atoms with Crippen molar-refractivity contribution < 1.29 is 14.3 Å². The summed E-state index contributed by atoms with van der Waals surface area (Å²) >= 11 is 0. The van der Waals surface area contributed by atoms with Crippen LogP contribution in [0.5, 0.6) is 5.75 Å². The molecule has 0 aliphatic rings. The quantitative estimate of drug-likeness (QED) is 0.785. The lowest BCUT2D eigenvalue weighted by Gasteiger charge is -2.31. The number of rotatable bonds is 7. The number of methoxy groups -OCH3 is 1. The average molecular weight is 293 g/mol. The van der Waals surface area contributed by atoms with Crippen LogP contribution in [0.25, 0.3) is 0 Å². The summed E-state index contributed by atoms with van der Waals surface area (Å²) in [5.74, 6) is 0.830. The number of hydrogen-bond acceptors (Lipinski definition) is 4. The van der Waals surface area contributed by atoms with Gasteiger partial charge in [-0.15, -0.1) is 0 Å². The molecule has 0 saturated heterocycles. The summed E-state index contributed by atoms with van der Waals surface area (Å²) < 4.78 is 10.7. The molecule has 21 heavy (non-hydrogen) atoms. The number of carbonyl (C=O) groups is 1. The standard InChI is InChI=1S/C17H27NO3/c1-7-21-16(19)17(5,18-11-12(2)3)14-10-13(4)8-9-15(14)20-6/h8-10,12,18H,7,11H2,1-6H3. The van der Waals surface area contributed by atoms with E-state index in [4.69, 9.17) is 9.47 Å². The molecule has 1 atom stereocenters. The lowest BCUT2D eigenvalue weighted by atomic mass is 9.89. The second kappa shape index (κ2) is 7.46. The maximum absolute atomic E-state index is 12.5. The van der Waals surface area contributed by atoms with E-state index in [2.05, 4.69) is 19.2 Å². The predicted octanol–water partition coefficient (Wildman–Crippen LogP) is 3.03. The van der Waals surface area contributed by atoms with Gasteiger partial charge < -0.3 is 9.47 Å². The van der Waals surface area contributed by atoms with Gasteiger partial charge >= 0.3 is 5.97 Å². The topological polar surface area (TPSA) is 47.6 Å². The zero-order chi connectivity index (χ0) is 16.0. The van der Waals surface area contributed by atoms with E-state index in [1.807, 2.05) is 39.0 Å². The van der Waals surface area contributed by atoms with Crippen LogP contribution < -0.4 is 10.1 Å². The SMILES string of the molecule is CCOC(=O)C(C)(NCC(C)C)c1cc(C)ccc1OC. The number of benzene rings is 1. The first kappa shape index (κ1) is 17.5. The first-order valence-electron chi connectivity index (χ1n) is 7.42. The van der Waals surface area contributed by atoms with Crippen molar-refractivity contribution in [3.05, 3.63) is 29.3 Å². The Kier molecular flexibility index (Phi) is 6.21. The zero-order valence-electron chi connectivity index (χ0n) is 13.9. The van der Waals surface area contributed by atoms with Gasteiger partial charge in [-0.05, 0) is 45.4 Å². The minimum Gasteiger partial charge on any atom is -0.496 e. The highest BCUT2D eigenvalue weighted by Gasteiger charge is 2.39. The van der Waals surface area contributed by atoms with Crippen molar-refractivity contribution in [1.29, 1.82) is 0 Å². The molecular weight excluding hydrogens is 266 g/mol. The molecule has 0 radical (unpaired) electrons. The Morgan fingerprint density at radius 3 is 2.57 bits per heavy atom. The Balaban J connectivity index is 3.28. The van der Waals surface area contributed by atoms with E-state index in [0.717, 1.165) is 11.1 Å². The van der Waals surface area contributed by atoms with E-state index in [1.165, 1.54) is 0 Å². The van der Waals surface area contributed by atoms with Gasteiger partial charge in [0.05, 0.1) is 13.7 Å². The molecule has 0 amide bonds. The summed E-state index contributed by atoms with van der Waals surface area (Å²) in [6.45, 7) is 10.9. The van der Waals surface area contributed by atoms with Crippen molar-refractivity contribution in [1.82, 2.24) is 5.32 Å². The molecule has 0 bridgehead atoms. The molecule has 4 heteroatoms. The van der Waals surface area contributed by atoms with Crippen LogP contribution in [0.1, 0.15) is 38.8 Å². The summed E-state index contributed by atoms with van der Waals surface area (Å²) in [4.78, 5) is 12.5. The highest BCUT2D eigenvalue weighted by molar-refractivity contribution is 5.83. The number of esters is 1. The first-order chi connectivity index (χ1) is 9.85. The number of hydrogen-bond donors (Lipinski definition) is 1. The first-order valence-corrected chi connectivity index (χ1v) is 7.42. The van der Waals surface area contributed by atoms with E-state index in [1.54, 1.807) is 7.11 Å². The predicted molar refractivity (Wildman–Crippen MR) is 84.6 cm³/mol. The molecule has 0 aliphatic heterocycles. The molecule has 1 aromatic carbocycles. The summed E-state index contributed by atoms with van der Waals surface area (Å²) in [6.07, 6.45) is 0. The smallest absolute Gasteiger partial charge is 0.330 e. The maximum atomic E-state index is 12.5. The van der Waals surface area contributed by atoms with Crippen LogP contribution in [-0.4, -0.2) is 26.2 Å². The molecule has 0 fully saturated rings. The van der Waals surface area contributed by atoms with Crippen LogP contribution in [0.15, 0.2) is 18.2 Å². The molecule has 1 N–H and O–H groups in total. The Hall–Kier alpha value is -1.55. The van der Waals surface area contributed by atoms with Crippen molar-refractivity contribution in [3.8, 4) is 5.75 Å². The Morgan fingerprint density at radius 1 is 1.38 bits per heavy atom. The van der Waals surface area contributed by atoms with Crippen molar-refractivity contribution in [2.24, 2.45) is 5.92 Å². The third-order valence-electron chi connectivity index (χ3n) is 3.44. The van der Waals surface area contributed by atoms with Gasteiger partial charge in [0.25, 0.3) is 0 Å². The Morgan fingerprint density at radius 2 is 2.05 bits per heavy atom. The Labute approximate surface area is 127 Å². The molecule has 1 aromatic rings. The largest absolute Gasteiger partial charge is 0.496 e. The molecule has 1 unspecified atom stereocenters. The van der Waals surface area contributed by atoms with Gasteiger partial charge in [-0.1, -0.05) is 25.5 Å². The van der Waals surface area contributed by atoms with Crippen LogP contribution in [0.2, 0.25) is 0 Å². The van der Waals surface area contributed by atoms with Crippen LogP contribution in [-0.2, 0) is 15.1 Å². The van der Waals surface area contributed by atoms with Crippen molar-refractivity contribution in [2.45, 2.75) is 40.2 Å². The van der Waals surface area contributed by atoms with Crippen LogP contribution in [0, 0.1) is 12.8 Å². The lowest BCUT2D eigenvalue weighted by Crippen LogP contribution is -2.49. The van der Waals surface area contributed by atoms with Crippen molar-refractivity contribution >= 4 is 5.97 Å². The fourth-order valence-corrected chi connectivity index (χ4v) is 2.17. The Bertz CT molecular complexity index is 485. The number of ether oxygens (including phenoxy) is 2. The molecular formula is C17H27NO3. The fourth-order valence-electron chi connectivity index (χ4n) is 2.17. The minimum absolute atomic E-state index is 0.283. The van der Waals surface area contributed by atoms with Crippen LogP contribution in [0.4, 0.5) is 0 Å². The van der Waals surface area contributed by atoms with Gasteiger partial charge in [0, 0.05) is 5.56 Å². The van der Waals surface area contributed by atoms with E-state index < -0.39 is 5.54 Å². The van der Waals surface area contributed by atoms with Gasteiger partial charge in [-0.3, -0.25) is 5.32 Å². The number of carbonyl (C=O) groups excluding carboxylic acids is 1. The highest BCUT2D eigenvalue weighted by Crippen LogP contribution is 2.32. The molecule has 0 heterocycles. The minimum atomic E-state index is -0.919. The average Bonchev–Trinajstić information content (AvgIpc) is 2.44. The van der Waals surface area contributed by atoms with E-state index in [-0.39, 0.29) is 5.97 Å². The van der Waals surface area contributed by atoms with Gasteiger partial charge in [0.2, 0.25) is 0 Å². The van der Waals surface area contributed by atoms with Gasteiger partial charge in [0.15, 0.2) is 0 Å². The van der Waals surface area contributed by atoms with Crippen molar-refractivity contribution in [3.63, 3.8) is 0 Å². The number of aryl methyl sites for hydroxylation is 1. The molecule has 1 rings (SSSR count). The third-order valence-corrected chi connectivity index (χ3v) is 3.44. The normalized spacial score (nSPS) is 13.9.